The molecule has 0 aliphatic carbocycles. The molecular formula is C12H21ClO2. The highest BCUT2D eigenvalue weighted by Crippen LogP contribution is 2.14. The first-order valence-electron chi connectivity index (χ1n) is 5.44. The summed E-state index contributed by atoms with van der Waals surface area (Å²) in [4.78, 5) is 11.3. The van der Waals surface area contributed by atoms with Gasteiger partial charge in [0.2, 0.25) is 0 Å². The lowest BCUT2D eigenvalue weighted by molar-refractivity contribution is -0.148. The summed E-state index contributed by atoms with van der Waals surface area (Å²) in [5, 5.41) is 0.581. The van der Waals surface area contributed by atoms with Gasteiger partial charge in [0.1, 0.15) is 5.60 Å². The topological polar surface area (TPSA) is 26.3 Å². The van der Waals surface area contributed by atoms with E-state index in [2.05, 4.69) is 6.92 Å². The number of hydrogen-bond donors (Lipinski definition) is 0. The standard InChI is InChI=1S/C12H21ClO2/c1-5-6-7-8-10(13)9-11(14)15-12(2,3)4/h9H,5-8H2,1-4H3/b10-9-. The number of hydrogen-bond acceptors (Lipinski definition) is 2. The van der Waals surface area contributed by atoms with Crippen LogP contribution >= 0.6 is 11.6 Å². The van der Waals surface area contributed by atoms with E-state index >= 15 is 0 Å². The highest BCUT2D eigenvalue weighted by molar-refractivity contribution is 6.30. The van der Waals surface area contributed by atoms with Crippen molar-refractivity contribution in [2.45, 2.75) is 59.0 Å². The molecule has 0 aromatic heterocycles. The van der Waals surface area contributed by atoms with E-state index in [0.29, 0.717) is 5.03 Å². The molecule has 0 rings (SSSR count). The summed E-state index contributed by atoms with van der Waals surface area (Å²) in [6, 6.07) is 0. The molecule has 0 spiro atoms. The quantitative estimate of drug-likeness (QED) is 0.406. The van der Waals surface area contributed by atoms with Crippen LogP contribution in [0.25, 0.3) is 0 Å². The SMILES string of the molecule is CCCCC/C(Cl)=C/C(=O)OC(C)(C)C. The maximum atomic E-state index is 11.3. The Hall–Kier alpha value is -0.500. The largest absolute Gasteiger partial charge is 0.457 e. The molecule has 0 aliphatic heterocycles. The van der Waals surface area contributed by atoms with Crippen LogP contribution < -0.4 is 0 Å². The van der Waals surface area contributed by atoms with Gasteiger partial charge >= 0.3 is 5.97 Å². The van der Waals surface area contributed by atoms with E-state index in [-0.39, 0.29) is 5.97 Å². The molecule has 0 saturated carbocycles. The summed E-state index contributed by atoms with van der Waals surface area (Å²) in [5.74, 6) is -0.357. The van der Waals surface area contributed by atoms with Crippen LogP contribution in [0.4, 0.5) is 0 Å². The van der Waals surface area contributed by atoms with Gasteiger partial charge in [0.05, 0.1) is 0 Å². The van der Waals surface area contributed by atoms with Crippen LogP contribution in [-0.4, -0.2) is 11.6 Å². The number of rotatable bonds is 5. The molecule has 88 valence electrons. The van der Waals surface area contributed by atoms with E-state index in [4.69, 9.17) is 16.3 Å². The lowest BCUT2D eigenvalue weighted by atomic mass is 10.2. The van der Waals surface area contributed by atoms with Crippen molar-refractivity contribution in [2.24, 2.45) is 0 Å². The fraction of sp³-hybridized carbons (Fsp3) is 0.750. The van der Waals surface area contributed by atoms with Gasteiger partial charge in [-0.25, -0.2) is 4.79 Å². The zero-order valence-electron chi connectivity index (χ0n) is 10.1. The molecule has 0 bridgehead atoms. The second-order valence-electron chi connectivity index (χ2n) is 4.58. The average molecular weight is 233 g/mol. The van der Waals surface area contributed by atoms with E-state index < -0.39 is 5.60 Å². The Bertz CT molecular complexity index is 226. The minimum Gasteiger partial charge on any atom is -0.457 e. The predicted molar refractivity (Wildman–Crippen MR) is 63.9 cm³/mol. The molecule has 0 radical (unpaired) electrons. The number of carbonyl (C=O) groups excluding carboxylic acids is 1. The van der Waals surface area contributed by atoms with E-state index in [1.165, 1.54) is 6.08 Å². The summed E-state index contributed by atoms with van der Waals surface area (Å²) in [5.41, 5.74) is -0.450. The molecule has 0 N–H and O–H groups in total. The van der Waals surface area contributed by atoms with Gasteiger partial charge in [-0.3, -0.25) is 0 Å². The smallest absolute Gasteiger partial charge is 0.332 e. The van der Waals surface area contributed by atoms with Crippen molar-refractivity contribution >= 4 is 17.6 Å². The molecule has 0 saturated heterocycles. The number of allylic oxidation sites excluding steroid dienone is 1. The lowest BCUT2D eigenvalue weighted by Gasteiger charge is -2.18. The number of ether oxygens (including phenoxy) is 1. The van der Waals surface area contributed by atoms with Crippen molar-refractivity contribution < 1.29 is 9.53 Å². The van der Waals surface area contributed by atoms with E-state index in [0.717, 1.165) is 25.7 Å². The molecule has 0 fully saturated rings. The van der Waals surface area contributed by atoms with Crippen molar-refractivity contribution in [3.05, 3.63) is 11.1 Å². The molecule has 0 aromatic rings. The molecule has 15 heavy (non-hydrogen) atoms. The van der Waals surface area contributed by atoms with Gasteiger partial charge in [0, 0.05) is 11.1 Å². The first-order chi connectivity index (χ1) is 6.85. The zero-order valence-corrected chi connectivity index (χ0v) is 10.9. The van der Waals surface area contributed by atoms with E-state index in [1.807, 2.05) is 20.8 Å². The normalized spacial score (nSPS) is 12.7. The molecule has 2 nitrogen and oxygen atoms in total. The second-order valence-corrected chi connectivity index (χ2v) is 5.07. The summed E-state index contributed by atoms with van der Waals surface area (Å²) in [6.07, 6.45) is 5.45. The van der Waals surface area contributed by atoms with Crippen LogP contribution in [-0.2, 0) is 9.53 Å². The third-order valence-electron chi connectivity index (χ3n) is 1.70. The van der Waals surface area contributed by atoms with Gasteiger partial charge in [0.25, 0.3) is 0 Å². The highest BCUT2D eigenvalue weighted by Gasteiger charge is 2.14. The van der Waals surface area contributed by atoms with Crippen LogP contribution in [0.15, 0.2) is 11.1 Å². The van der Waals surface area contributed by atoms with Crippen LogP contribution in [0, 0.1) is 0 Å². The van der Waals surface area contributed by atoms with Crippen molar-refractivity contribution in [3.63, 3.8) is 0 Å². The molecule has 0 atom stereocenters. The third kappa shape index (κ3) is 9.80. The molecular weight excluding hydrogens is 212 g/mol. The molecule has 0 amide bonds. The van der Waals surface area contributed by atoms with Crippen molar-refractivity contribution in [3.8, 4) is 0 Å². The van der Waals surface area contributed by atoms with E-state index in [9.17, 15) is 4.79 Å². The highest BCUT2D eigenvalue weighted by atomic mass is 35.5. The molecule has 3 heteroatoms. The van der Waals surface area contributed by atoms with Crippen LogP contribution in [0.2, 0.25) is 0 Å². The monoisotopic (exact) mass is 232 g/mol. The molecule has 0 aliphatic rings. The molecule has 0 unspecified atom stereocenters. The van der Waals surface area contributed by atoms with Gasteiger partial charge in [0.15, 0.2) is 0 Å². The van der Waals surface area contributed by atoms with E-state index in [1.54, 1.807) is 0 Å². The van der Waals surface area contributed by atoms with Crippen LogP contribution in [0.5, 0.6) is 0 Å². The lowest BCUT2D eigenvalue weighted by Crippen LogP contribution is -2.22. The Morgan fingerprint density at radius 1 is 1.33 bits per heavy atom. The van der Waals surface area contributed by atoms with Crippen molar-refractivity contribution in [2.75, 3.05) is 0 Å². The van der Waals surface area contributed by atoms with Crippen molar-refractivity contribution in [1.29, 1.82) is 0 Å². The summed E-state index contributed by atoms with van der Waals surface area (Å²) >= 11 is 5.90. The number of unbranched alkanes of at least 4 members (excludes halogenated alkanes) is 2. The molecule has 0 heterocycles. The minimum atomic E-state index is -0.450. The minimum absolute atomic E-state index is 0.357. The fourth-order valence-corrected chi connectivity index (χ4v) is 1.30. The van der Waals surface area contributed by atoms with Gasteiger partial charge < -0.3 is 4.74 Å². The predicted octanol–water partition coefficient (Wildman–Crippen LogP) is 4.03. The Labute approximate surface area is 97.6 Å². The second kappa shape index (κ2) is 6.89. The summed E-state index contributed by atoms with van der Waals surface area (Å²) in [6.45, 7) is 7.64. The first-order valence-corrected chi connectivity index (χ1v) is 5.82. The number of halogens is 1. The first kappa shape index (κ1) is 14.5. The summed E-state index contributed by atoms with van der Waals surface area (Å²) < 4.78 is 5.11. The van der Waals surface area contributed by atoms with Gasteiger partial charge in [-0.2, -0.15) is 0 Å². The Kier molecular flexibility index (Phi) is 6.66. The maximum absolute atomic E-state index is 11.3. The zero-order chi connectivity index (χ0) is 11.9. The maximum Gasteiger partial charge on any atom is 0.332 e. The van der Waals surface area contributed by atoms with Crippen molar-refractivity contribution in [1.82, 2.24) is 0 Å². The number of esters is 1. The summed E-state index contributed by atoms with van der Waals surface area (Å²) in [7, 11) is 0. The Morgan fingerprint density at radius 3 is 2.40 bits per heavy atom. The van der Waals surface area contributed by atoms with Gasteiger partial charge in [-0.15, -0.1) is 0 Å². The average Bonchev–Trinajstić information content (AvgIpc) is 2.00. The van der Waals surface area contributed by atoms with Gasteiger partial charge in [-0.05, 0) is 33.6 Å². The van der Waals surface area contributed by atoms with Gasteiger partial charge in [-0.1, -0.05) is 31.4 Å². The fourth-order valence-electron chi connectivity index (χ4n) is 1.08. The Balaban J connectivity index is 3.96. The Morgan fingerprint density at radius 2 is 1.93 bits per heavy atom. The van der Waals surface area contributed by atoms with Crippen LogP contribution in [0.1, 0.15) is 53.4 Å². The third-order valence-corrected chi connectivity index (χ3v) is 2.00. The number of carbonyl (C=O) groups is 1. The molecule has 0 aromatic carbocycles. The van der Waals surface area contributed by atoms with Crippen LogP contribution in [0.3, 0.4) is 0 Å².